The molecule has 1 N–H and O–H groups in total. The molecule has 0 radical (unpaired) electrons. The van der Waals surface area contributed by atoms with Gasteiger partial charge in [-0.3, -0.25) is 9.05 Å². The molecular formula is C11H27NO4P+. The molecule has 0 aromatic carbocycles. The van der Waals surface area contributed by atoms with Crippen molar-refractivity contribution in [2.45, 2.75) is 27.2 Å². The maximum atomic E-state index is 11.5. The molecule has 0 amide bonds. The van der Waals surface area contributed by atoms with Crippen molar-refractivity contribution in [1.29, 1.82) is 0 Å². The Kier molecular flexibility index (Phi) is 6.33. The van der Waals surface area contributed by atoms with E-state index in [0.29, 0.717) is 11.0 Å². The predicted molar refractivity (Wildman–Crippen MR) is 68.7 cm³/mol. The highest BCUT2D eigenvalue weighted by atomic mass is 31.2. The van der Waals surface area contributed by atoms with E-state index < -0.39 is 7.82 Å². The van der Waals surface area contributed by atoms with Gasteiger partial charge in [0, 0.05) is 0 Å². The van der Waals surface area contributed by atoms with E-state index in [1.54, 1.807) is 0 Å². The van der Waals surface area contributed by atoms with E-state index in [1.165, 1.54) is 0 Å². The number of likely N-dealkylation sites (N-methyl/N-ethyl adjacent to an activating group) is 1. The summed E-state index contributed by atoms with van der Waals surface area (Å²) in [4.78, 5) is 9.41. The minimum absolute atomic E-state index is 0.0856. The average molecular weight is 268 g/mol. The molecule has 0 aromatic rings. The molecule has 1 atom stereocenters. The van der Waals surface area contributed by atoms with Crippen molar-refractivity contribution in [3.8, 4) is 0 Å². The maximum Gasteiger partial charge on any atom is 0.472 e. The first-order valence-electron chi connectivity index (χ1n) is 5.84. The zero-order chi connectivity index (χ0) is 13.7. The third-order valence-corrected chi connectivity index (χ3v) is 3.14. The van der Waals surface area contributed by atoms with Crippen molar-refractivity contribution in [1.82, 2.24) is 0 Å². The van der Waals surface area contributed by atoms with Crippen molar-refractivity contribution >= 4 is 7.82 Å². The second-order valence-corrected chi connectivity index (χ2v) is 7.91. The van der Waals surface area contributed by atoms with Gasteiger partial charge >= 0.3 is 7.82 Å². The van der Waals surface area contributed by atoms with E-state index >= 15 is 0 Å². The fourth-order valence-corrected chi connectivity index (χ4v) is 1.64. The second kappa shape index (κ2) is 6.30. The molecule has 0 heterocycles. The molecule has 0 aliphatic heterocycles. The van der Waals surface area contributed by atoms with Crippen molar-refractivity contribution in [3.63, 3.8) is 0 Å². The third kappa shape index (κ3) is 12.3. The van der Waals surface area contributed by atoms with Crippen molar-refractivity contribution in [2.75, 3.05) is 40.9 Å². The van der Waals surface area contributed by atoms with Crippen LogP contribution >= 0.6 is 7.82 Å². The fourth-order valence-electron chi connectivity index (χ4n) is 0.935. The van der Waals surface area contributed by atoms with Gasteiger partial charge in [0.15, 0.2) is 0 Å². The zero-order valence-electron chi connectivity index (χ0n) is 11.9. The van der Waals surface area contributed by atoms with Crippen LogP contribution in [0.5, 0.6) is 0 Å². The van der Waals surface area contributed by atoms with Gasteiger partial charge in [0.05, 0.1) is 27.7 Å². The molecule has 0 rings (SSSR count). The molecule has 0 saturated carbocycles. The number of rotatable bonds is 7. The summed E-state index contributed by atoms with van der Waals surface area (Å²) in [6.07, 6.45) is 0.718. The van der Waals surface area contributed by atoms with Gasteiger partial charge in [-0.25, -0.2) is 4.57 Å². The highest BCUT2D eigenvalue weighted by Gasteiger charge is 2.23. The Bertz CT molecular complexity index is 244. The molecule has 17 heavy (non-hydrogen) atoms. The monoisotopic (exact) mass is 268 g/mol. The molecule has 0 bridgehead atoms. The van der Waals surface area contributed by atoms with Crippen LogP contribution in [0.3, 0.4) is 0 Å². The van der Waals surface area contributed by atoms with Gasteiger partial charge in [0.1, 0.15) is 13.2 Å². The Morgan fingerprint density at radius 2 is 1.59 bits per heavy atom. The van der Waals surface area contributed by atoms with E-state index in [2.05, 4.69) is 20.8 Å². The van der Waals surface area contributed by atoms with Gasteiger partial charge in [0.25, 0.3) is 0 Å². The molecule has 0 spiro atoms. The van der Waals surface area contributed by atoms with Gasteiger partial charge in [-0.15, -0.1) is 0 Å². The molecular weight excluding hydrogens is 241 g/mol. The summed E-state index contributed by atoms with van der Waals surface area (Å²) in [5, 5.41) is 0. The highest BCUT2D eigenvalue weighted by molar-refractivity contribution is 7.47. The Morgan fingerprint density at radius 3 is 2.00 bits per heavy atom. The second-order valence-electron chi connectivity index (χ2n) is 6.46. The lowest BCUT2D eigenvalue weighted by Crippen LogP contribution is -2.37. The van der Waals surface area contributed by atoms with Crippen LogP contribution in [0.25, 0.3) is 0 Å². The summed E-state index contributed by atoms with van der Waals surface area (Å²) >= 11 is 0. The molecule has 0 saturated heterocycles. The number of quaternary nitrogens is 1. The number of hydrogen-bond donors (Lipinski definition) is 1. The fraction of sp³-hybridized carbons (Fsp3) is 1.00. The topological polar surface area (TPSA) is 55.8 Å². The van der Waals surface area contributed by atoms with Crippen molar-refractivity contribution < 1.29 is 23.0 Å². The normalized spacial score (nSPS) is 16.9. The minimum atomic E-state index is -3.87. The lowest BCUT2D eigenvalue weighted by molar-refractivity contribution is -0.870. The van der Waals surface area contributed by atoms with Crippen LogP contribution in [0.2, 0.25) is 0 Å². The predicted octanol–water partition coefficient (Wildman–Crippen LogP) is 2.26. The Labute approximate surface area is 105 Å². The van der Waals surface area contributed by atoms with Gasteiger partial charge in [0.2, 0.25) is 0 Å². The van der Waals surface area contributed by atoms with Crippen molar-refractivity contribution in [2.24, 2.45) is 5.41 Å². The molecule has 0 aliphatic rings. The van der Waals surface area contributed by atoms with Crippen LogP contribution in [0.15, 0.2) is 0 Å². The Balaban J connectivity index is 3.85. The van der Waals surface area contributed by atoms with Gasteiger partial charge in [-0.1, -0.05) is 20.8 Å². The van der Waals surface area contributed by atoms with Crippen LogP contribution in [-0.4, -0.2) is 50.3 Å². The lowest BCUT2D eigenvalue weighted by Gasteiger charge is -2.24. The quantitative estimate of drug-likeness (QED) is 0.568. The van der Waals surface area contributed by atoms with E-state index in [1.807, 2.05) is 21.1 Å². The van der Waals surface area contributed by atoms with Crippen LogP contribution in [0, 0.1) is 5.41 Å². The van der Waals surface area contributed by atoms with Crippen LogP contribution in [0.1, 0.15) is 27.2 Å². The summed E-state index contributed by atoms with van der Waals surface area (Å²) in [5.74, 6) is 0. The molecule has 104 valence electrons. The SMILES string of the molecule is CC(C)(C)CCOP(=O)(O)OCC[N+](C)(C)C. The Hall–Kier alpha value is 0.0700. The summed E-state index contributed by atoms with van der Waals surface area (Å²) < 4.78 is 22.0. The largest absolute Gasteiger partial charge is 0.472 e. The minimum Gasteiger partial charge on any atom is -0.329 e. The summed E-state index contributed by atoms with van der Waals surface area (Å²) in [5.41, 5.74) is 0.0856. The standard InChI is InChI=1S/C11H26NO4P/c1-11(2,3)7-9-15-17(13,14)16-10-8-12(4,5)6/h7-10H2,1-6H3/p+1. The highest BCUT2D eigenvalue weighted by Crippen LogP contribution is 2.43. The number of phosphoric acid groups is 1. The van der Waals surface area contributed by atoms with Crippen LogP contribution in [-0.2, 0) is 13.6 Å². The first kappa shape index (κ1) is 17.1. The average Bonchev–Trinajstić information content (AvgIpc) is 1.96. The molecule has 5 nitrogen and oxygen atoms in total. The first-order valence-corrected chi connectivity index (χ1v) is 7.33. The lowest BCUT2D eigenvalue weighted by atomic mass is 9.93. The smallest absolute Gasteiger partial charge is 0.329 e. The van der Waals surface area contributed by atoms with E-state index in [9.17, 15) is 9.46 Å². The third-order valence-electron chi connectivity index (χ3n) is 2.12. The number of hydrogen-bond acceptors (Lipinski definition) is 3. The number of nitrogens with zero attached hydrogens (tertiary/aromatic N) is 1. The van der Waals surface area contributed by atoms with E-state index in [4.69, 9.17) is 9.05 Å². The Morgan fingerprint density at radius 1 is 1.12 bits per heavy atom. The molecule has 0 fully saturated rings. The van der Waals surface area contributed by atoms with Gasteiger partial charge in [-0.05, 0) is 11.8 Å². The molecule has 0 aromatic heterocycles. The van der Waals surface area contributed by atoms with E-state index in [-0.39, 0.29) is 18.6 Å². The number of phosphoric ester groups is 1. The maximum absolute atomic E-state index is 11.5. The van der Waals surface area contributed by atoms with Gasteiger partial charge < -0.3 is 9.38 Å². The first-order chi connectivity index (χ1) is 7.41. The van der Waals surface area contributed by atoms with Crippen LogP contribution in [0.4, 0.5) is 0 Å². The summed E-state index contributed by atoms with van der Waals surface area (Å²) in [7, 11) is 2.10. The molecule has 0 aliphatic carbocycles. The van der Waals surface area contributed by atoms with Gasteiger partial charge in [-0.2, -0.15) is 0 Å². The molecule has 6 heteroatoms. The zero-order valence-corrected chi connectivity index (χ0v) is 12.8. The summed E-state index contributed by atoms with van der Waals surface area (Å²) in [6, 6.07) is 0. The summed E-state index contributed by atoms with van der Waals surface area (Å²) in [6.45, 7) is 7.27. The van der Waals surface area contributed by atoms with E-state index in [0.717, 1.165) is 6.42 Å². The molecule has 1 unspecified atom stereocenters. The van der Waals surface area contributed by atoms with Crippen molar-refractivity contribution in [3.05, 3.63) is 0 Å². The van der Waals surface area contributed by atoms with Crippen LogP contribution < -0.4 is 0 Å².